The molecule has 3 amide bonds. The monoisotopic (exact) mass is 431 g/mol. The van der Waals surface area contributed by atoms with Gasteiger partial charge in [0.1, 0.15) is 5.70 Å². The van der Waals surface area contributed by atoms with Gasteiger partial charge in [-0.25, -0.2) is 4.90 Å². The number of nitrogens with one attached hydrogen (secondary N) is 1. The van der Waals surface area contributed by atoms with Crippen LogP contribution in [0.15, 0.2) is 48.2 Å². The lowest BCUT2D eigenvalue weighted by Gasteiger charge is -2.32. The topological polar surface area (TPSA) is 69.7 Å². The molecule has 1 saturated heterocycles. The number of hydrogen-bond donors (Lipinski definition) is 1. The molecule has 0 aliphatic carbocycles. The Morgan fingerprint density at radius 3 is 2.19 bits per heavy atom. The fraction of sp³-hybridized carbons (Fsp3) is 0.346. The first-order valence-corrected chi connectivity index (χ1v) is 11.1. The molecule has 2 aliphatic rings. The van der Waals surface area contributed by atoms with Crippen LogP contribution in [-0.4, -0.2) is 35.7 Å². The summed E-state index contributed by atoms with van der Waals surface area (Å²) < 4.78 is 0. The van der Waals surface area contributed by atoms with Crippen molar-refractivity contribution >= 4 is 34.7 Å². The number of anilines is 2. The van der Waals surface area contributed by atoms with Gasteiger partial charge < -0.3 is 10.2 Å². The van der Waals surface area contributed by atoms with Gasteiger partial charge in [0.05, 0.1) is 11.3 Å². The molecule has 1 fully saturated rings. The van der Waals surface area contributed by atoms with Crippen LogP contribution in [0.3, 0.4) is 0 Å². The molecular formula is C26H29N3O3. The number of rotatable bonds is 4. The van der Waals surface area contributed by atoms with Gasteiger partial charge in [0.25, 0.3) is 11.8 Å². The van der Waals surface area contributed by atoms with Crippen molar-refractivity contribution in [1.82, 2.24) is 4.90 Å². The average Bonchev–Trinajstić information content (AvgIpc) is 3.01. The molecule has 0 spiro atoms. The zero-order chi connectivity index (χ0) is 23.0. The number of nitrogens with zero attached hydrogens (tertiary/aromatic N) is 2. The Hall–Kier alpha value is -3.41. The molecule has 0 atom stereocenters. The first-order chi connectivity index (χ1) is 15.3. The van der Waals surface area contributed by atoms with Crippen molar-refractivity contribution in [2.24, 2.45) is 5.92 Å². The standard InChI is InChI=1S/C26H29N3O3/c1-16-11-13-28(14-12-16)24-23(20-6-8-21(9-7-20)27-19(4)30)25(31)29(26(24)32)22-10-5-17(2)18(3)15-22/h5-10,15-16H,11-14H2,1-4H3,(H,27,30). The zero-order valence-corrected chi connectivity index (χ0v) is 19.1. The van der Waals surface area contributed by atoms with Crippen LogP contribution in [0.25, 0.3) is 5.57 Å². The van der Waals surface area contributed by atoms with Gasteiger partial charge in [-0.15, -0.1) is 0 Å². The maximum absolute atomic E-state index is 13.6. The summed E-state index contributed by atoms with van der Waals surface area (Å²) in [6, 6.07) is 12.8. The van der Waals surface area contributed by atoms with Crippen LogP contribution in [0.5, 0.6) is 0 Å². The Morgan fingerprint density at radius 2 is 1.59 bits per heavy atom. The largest absolute Gasteiger partial charge is 0.366 e. The molecule has 2 aromatic rings. The van der Waals surface area contributed by atoms with Crippen molar-refractivity contribution < 1.29 is 14.4 Å². The summed E-state index contributed by atoms with van der Waals surface area (Å²) in [6.45, 7) is 9.16. The van der Waals surface area contributed by atoms with Gasteiger partial charge in [0.2, 0.25) is 5.91 Å². The van der Waals surface area contributed by atoms with E-state index in [1.165, 1.54) is 11.8 Å². The lowest BCUT2D eigenvalue weighted by molar-refractivity contribution is -0.121. The third-order valence-corrected chi connectivity index (χ3v) is 6.40. The molecule has 4 rings (SSSR count). The SMILES string of the molecule is CC(=O)Nc1ccc(C2=C(N3CCC(C)CC3)C(=O)N(c3ccc(C)c(C)c3)C2=O)cc1. The Morgan fingerprint density at radius 1 is 0.938 bits per heavy atom. The van der Waals surface area contributed by atoms with Crippen LogP contribution in [0.4, 0.5) is 11.4 Å². The highest BCUT2D eigenvalue weighted by Gasteiger charge is 2.43. The van der Waals surface area contributed by atoms with Gasteiger partial charge in [-0.05, 0) is 73.6 Å². The molecular weight excluding hydrogens is 402 g/mol. The predicted octanol–water partition coefficient (Wildman–Crippen LogP) is 4.28. The van der Waals surface area contributed by atoms with E-state index in [1.54, 1.807) is 24.3 Å². The molecule has 0 saturated carbocycles. The highest BCUT2D eigenvalue weighted by Crippen LogP contribution is 2.37. The number of likely N-dealkylation sites (tertiary alicyclic amines) is 1. The summed E-state index contributed by atoms with van der Waals surface area (Å²) in [7, 11) is 0. The van der Waals surface area contributed by atoms with E-state index < -0.39 is 0 Å². The second-order valence-electron chi connectivity index (χ2n) is 8.87. The minimum atomic E-state index is -0.306. The molecule has 1 N–H and O–H groups in total. The van der Waals surface area contributed by atoms with Crippen molar-refractivity contribution in [3.05, 3.63) is 64.9 Å². The normalized spacial score (nSPS) is 17.4. The number of aryl methyl sites for hydroxylation is 2. The van der Waals surface area contributed by atoms with Crippen LogP contribution in [-0.2, 0) is 14.4 Å². The van der Waals surface area contributed by atoms with Gasteiger partial charge in [0.15, 0.2) is 0 Å². The van der Waals surface area contributed by atoms with Crippen LogP contribution in [0, 0.1) is 19.8 Å². The smallest absolute Gasteiger partial charge is 0.282 e. The summed E-state index contributed by atoms with van der Waals surface area (Å²) in [5.74, 6) is -0.128. The van der Waals surface area contributed by atoms with Crippen LogP contribution in [0.1, 0.15) is 43.4 Å². The summed E-state index contributed by atoms with van der Waals surface area (Å²) in [4.78, 5) is 42.0. The van der Waals surface area contributed by atoms with E-state index >= 15 is 0 Å². The molecule has 166 valence electrons. The highest BCUT2D eigenvalue weighted by atomic mass is 16.2. The summed E-state index contributed by atoms with van der Waals surface area (Å²) in [5, 5.41) is 2.74. The molecule has 2 heterocycles. The number of piperidine rings is 1. The Labute approximate surface area is 188 Å². The Bertz CT molecular complexity index is 1110. The molecule has 0 radical (unpaired) electrons. The summed E-state index contributed by atoms with van der Waals surface area (Å²) in [6.07, 6.45) is 1.98. The lowest BCUT2D eigenvalue weighted by Crippen LogP contribution is -2.38. The Kier molecular flexibility index (Phi) is 5.87. The van der Waals surface area contributed by atoms with Gasteiger partial charge in [-0.2, -0.15) is 0 Å². The van der Waals surface area contributed by atoms with Crippen molar-refractivity contribution in [3.8, 4) is 0 Å². The number of carbonyl (C=O) groups excluding carboxylic acids is 3. The second kappa shape index (κ2) is 8.61. The van der Waals surface area contributed by atoms with Crippen molar-refractivity contribution in [1.29, 1.82) is 0 Å². The van der Waals surface area contributed by atoms with E-state index in [9.17, 15) is 14.4 Å². The fourth-order valence-electron chi connectivity index (χ4n) is 4.33. The highest BCUT2D eigenvalue weighted by molar-refractivity contribution is 6.45. The minimum Gasteiger partial charge on any atom is -0.366 e. The average molecular weight is 432 g/mol. The quantitative estimate of drug-likeness (QED) is 0.734. The molecule has 0 aromatic heterocycles. The van der Waals surface area contributed by atoms with E-state index in [0.29, 0.717) is 34.1 Å². The van der Waals surface area contributed by atoms with Crippen LogP contribution >= 0.6 is 0 Å². The second-order valence-corrected chi connectivity index (χ2v) is 8.87. The van der Waals surface area contributed by atoms with Crippen LogP contribution < -0.4 is 10.2 Å². The number of benzene rings is 2. The van der Waals surface area contributed by atoms with E-state index in [0.717, 1.165) is 37.1 Å². The third-order valence-electron chi connectivity index (χ3n) is 6.40. The summed E-state index contributed by atoms with van der Waals surface area (Å²) >= 11 is 0. The van der Waals surface area contributed by atoms with E-state index in [-0.39, 0.29) is 17.7 Å². The van der Waals surface area contributed by atoms with Gasteiger partial charge in [-0.3, -0.25) is 14.4 Å². The third kappa shape index (κ3) is 4.05. The maximum Gasteiger partial charge on any atom is 0.282 e. The van der Waals surface area contributed by atoms with Gasteiger partial charge in [0, 0.05) is 25.7 Å². The summed E-state index contributed by atoms with van der Waals surface area (Å²) in [5.41, 5.74) is 4.97. The number of hydrogen-bond acceptors (Lipinski definition) is 4. The van der Waals surface area contributed by atoms with Gasteiger partial charge in [-0.1, -0.05) is 25.1 Å². The Balaban J connectivity index is 1.77. The minimum absolute atomic E-state index is 0.159. The van der Waals surface area contributed by atoms with Crippen molar-refractivity contribution in [2.75, 3.05) is 23.3 Å². The maximum atomic E-state index is 13.6. The molecule has 2 aliphatic heterocycles. The molecule has 6 heteroatoms. The first-order valence-electron chi connectivity index (χ1n) is 11.1. The lowest BCUT2D eigenvalue weighted by atomic mass is 9.97. The van der Waals surface area contributed by atoms with Gasteiger partial charge >= 0.3 is 0 Å². The molecule has 0 unspecified atom stereocenters. The van der Waals surface area contributed by atoms with E-state index in [4.69, 9.17) is 0 Å². The number of amides is 3. The molecule has 32 heavy (non-hydrogen) atoms. The van der Waals surface area contributed by atoms with E-state index in [1.807, 2.05) is 32.0 Å². The van der Waals surface area contributed by atoms with Crippen LogP contribution in [0.2, 0.25) is 0 Å². The molecule has 0 bridgehead atoms. The van der Waals surface area contributed by atoms with Crippen molar-refractivity contribution in [2.45, 2.75) is 40.5 Å². The first kappa shape index (κ1) is 21.8. The zero-order valence-electron chi connectivity index (χ0n) is 19.1. The number of carbonyl (C=O) groups is 3. The molecule has 6 nitrogen and oxygen atoms in total. The van der Waals surface area contributed by atoms with E-state index in [2.05, 4.69) is 17.1 Å². The molecule has 2 aromatic carbocycles. The fourth-order valence-corrected chi connectivity index (χ4v) is 4.33. The predicted molar refractivity (Wildman–Crippen MR) is 126 cm³/mol. The van der Waals surface area contributed by atoms with Crippen molar-refractivity contribution in [3.63, 3.8) is 0 Å². The number of imide groups is 1.